The van der Waals surface area contributed by atoms with Gasteiger partial charge in [0.25, 0.3) is 0 Å². The van der Waals surface area contributed by atoms with Gasteiger partial charge >= 0.3 is 0 Å². The number of carbonyl (C=O) groups excluding carboxylic acids is 1. The first-order valence-electron chi connectivity index (χ1n) is 9.61. The van der Waals surface area contributed by atoms with E-state index >= 15 is 0 Å². The quantitative estimate of drug-likeness (QED) is 0.421. The van der Waals surface area contributed by atoms with Gasteiger partial charge in [-0.25, -0.2) is 14.4 Å². The van der Waals surface area contributed by atoms with Gasteiger partial charge in [0.1, 0.15) is 5.82 Å². The van der Waals surface area contributed by atoms with Crippen molar-refractivity contribution in [3.8, 4) is 22.3 Å². The molecule has 0 atom stereocenters. The predicted octanol–water partition coefficient (Wildman–Crippen LogP) is 4.83. The van der Waals surface area contributed by atoms with E-state index in [4.69, 9.17) is 5.73 Å². The third kappa shape index (κ3) is 4.35. The summed E-state index contributed by atoms with van der Waals surface area (Å²) < 4.78 is 13.5. The first-order chi connectivity index (χ1) is 15.0. The zero-order chi connectivity index (χ0) is 21.8. The number of nitrogens with zero attached hydrogens (tertiary/aromatic N) is 2. The number of aromatic nitrogens is 2. The maximum absolute atomic E-state index is 13.5. The molecule has 6 nitrogen and oxygen atoms in total. The second kappa shape index (κ2) is 8.62. The molecular weight excluding hydrogens is 393 g/mol. The average Bonchev–Trinajstić information content (AvgIpc) is 2.79. The number of nitrogens with one attached hydrogen (secondary N) is 2. The highest BCUT2D eigenvalue weighted by atomic mass is 19.1. The summed E-state index contributed by atoms with van der Waals surface area (Å²) in [6, 6.07) is 19.2. The van der Waals surface area contributed by atoms with Crippen LogP contribution in [0.4, 0.5) is 21.7 Å². The van der Waals surface area contributed by atoms with Gasteiger partial charge in [-0.1, -0.05) is 30.3 Å². The van der Waals surface area contributed by atoms with Crippen molar-refractivity contribution in [1.82, 2.24) is 9.97 Å². The van der Waals surface area contributed by atoms with Gasteiger partial charge in [-0.2, -0.15) is 0 Å². The molecule has 0 bridgehead atoms. The number of rotatable bonds is 6. The summed E-state index contributed by atoms with van der Waals surface area (Å²) in [5.41, 5.74) is 10.4. The largest absolute Gasteiger partial charge is 0.388 e. The number of nitrogens with two attached hydrogens (primary N) is 1. The highest BCUT2D eigenvalue weighted by molar-refractivity contribution is 6.03. The molecule has 4 rings (SSSR count). The summed E-state index contributed by atoms with van der Waals surface area (Å²) in [5, 5.41) is 6.26. The second-order valence-electron chi connectivity index (χ2n) is 6.85. The summed E-state index contributed by atoms with van der Waals surface area (Å²) in [6.45, 7) is 0. The maximum atomic E-state index is 13.5. The van der Waals surface area contributed by atoms with E-state index in [0.717, 1.165) is 11.3 Å². The number of primary amides is 1. The number of halogens is 1. The third-order valence-electron chi connectivity index (χ3n) is 4.83. The summed E-state index contributed by atoms with van der Waals surface area (Å²) in [5.74, 6) is -0.514. The van der Waals surface area contributed by atoms with E-state index in [0.29, 0.717) is 33.9 Å². The fraction of sp³-hybridized carbons (Fsp3) is 0.0417. The smallest absolute Gasteiger partial charge is 0.249 e. The fourth-order valence-corrected chi connectivity index (χ4v) is 3.33. The molecule has 4 N–H and O–H groups in total. The molecule has 31 heavy (non-hydrogen) atoms. The van der Waals surface area contributed by atoms with Gasteiger partial charge in [-0.3, -0.25) is 4.79 Å². The van der Waals surface area contributed by atoms with Gasteiger partial charge < -0.3 is 16.4 Å². The Kier molecular flexibility index (Phi) is 5.57. The Bertz CT molecular complexity index is 1240. The molecule has 1 aromatic heterocycles. The highest BCUT2D eigenvalue weighted by Gasteiger charge is 2.16. The molecule has 0 saturated carbocycles. The Balaban J connectivity index is 1.71. The zero-order valence-electron chi connectivity index (χ0n) is 16.8. The summed E-state index contributed by atoms with van der Waals surface area (Å²) in [4.78, 5) is 20.8. The van der Waals surface area contributed by atoms with E-state index in [1.165, 1.54) is 12.1 Å². The summed E-state index contributed by atoms with van der Waals surface area (Å²) in [7, 11) is 1.83. The van der Waals surface area contributed by atoms with Gasteiger partial charge in [0, 0.05) is 47.5 Å². The van der Waals surface area contributed by atoms with Crippen molar-refractivity contribution in [2.24, 2.45) is 5.73 Å². The molecule has 0 radical (unpaired) electrons. The lowest BCUT2D eigenvalue weighted by molar-refractivity contribution is 0.100. The van der Waals surface area contributed by atoms with Crippen LogP contribution >= 0.6 is 0 Å². The average molecular weight is 413 g/mol. The van der Waals surface area contributed by atoms with Crippen LogP contribution in [0.2, 0.25) is 0 Å². The SMILES string of the molecule is CNc1cccc(-c2c(Nc3ncc(-c4cccc(F)c4)cn3)cccc2C(N)=O)c1. The predicted molar refractivity (Wildman–Crippen MR) is 121 cm³/mol. The van der Waals surface area contributed by atoms with E-state index in [2.05, 4.69) is 20.6 Å². The van der Waals surface area contributed by atoms with Crippen LogP contribution in [0.5, 0.6) is 0 Å². The minimum absolute atomic E-state index is 0.323. The Morgan fingerprint density at radius 2 is 1.61 bits per heavy atom. The van der Waals surface area contributed by atoms with Crippen LogP contribution in [-0.4, -0.2) is 22.9 Å². The van der Waals surface area contributed by atoms with Gasteiger partial charge in [-0.05, 0) is 47.5 Å². The molecule has 0 spiro atoms. The van der Waals surface area contributed by atoms with Crippen molar-refractivity contribution < 1.29 is 9.18 Å². The Morgan fingerprint density at radius 1 is 0.903 bits per heavy atom. The topological polar surface area (TPSA) is 92.9 Å². The molecule has 1 heterocycles. The lowest BCUT2D eigenvalue weighted by Crippen LogP contribution is -2.13. The van der Waals surface area contributed by atoms with Crippen molar-refractivity contribution in [1.29, 1.82) is 0 Å². The van der Waals surface area contributed by atoms with Crippen LogP contribution in [0.1, 0.15) is 10.4 Å². The molecule has 0 unspecified atom stereocenters. The molecular formula is C24H20FN5O. The maximum Gasteiger partial charge on any atom is 0.249 e. The third-order valence-corrected chi connectivity index (χ3v) is 4.83. The Hall–Kier alpha value is -4.26. The van der Waals surface area contributed by atoms with Crippen LogP contribution in [0.3, 0.4) is 0 Å². The fourth-order valence-electron chi connectivity index (χ4n) is 3.33. The van der Waals surface area contributed by atoms with Crippen molar-refractivity contribution in [3.63, 3.8) is 0 Å². The molecule has 0 fully saturated rings. The second-order valence-corrected chi connectivity index (χ2v) is 6.85. The van der Waals surface area contributed by atoms with E-state index in [9.17, 15) is 9.18 Å². The molecule has 0 saturated heterocycles. The molecule has 3 aromatic carbocycles. The van der Waals surface area contributed by atoms with Crippen LogP contribution in [0, 0.1) is 5.82 Å². The van der Waals surface area contributed by atoms with Crippen molar-refractivity contribution >= 4 is 23.2 Å². The minimum Gasteiger partial charge on any atom is -0.388 e. The first-order valence-corrected chi connectivity index (χ1v) is 9.61. The van der Waals surface area contributed by atoms with Crippen LogP contribution < -0.4 is 16.4 Å². The highest BCUT2D eigenvalue weighted by Crippen LogP contribution is 2.34. The standard InChI is InChI=1S/C24H20FN5O/c1-27-19-8-3-6-16(12-19)22-20(23(26)31)9-4-10-21(22)30-24-28-13-17(14-29-24)15-5-2-7-18(25)11-15/h2-14,27H,1H3,(H2,26,31)(H,28,29,30). The molecule has 4 aromatic rings. The number of benzene rings is 3. The normalized spacial score (nSPS) is 10.5. The molecule has 154 valence electrons. The number of hydrogen-bond acceptors (Lipinski definition) is 5. The lowest BCUT2D eigenvalue weighted by atomic mass is 9.96. The van der Waals surface area contributed by atoms with Gasteiger partial charge in [0.2, 0.25) is 11.9 Å². The summed E-state index contributed by atoms with van der Waals surface area (Å²) >= 11 is 0. The molecule has 7 heteroatoms. The monoisotopic (exact) mass is 413 g/mol. The van der Waals surface area contributed by atoms with Crippen LogP contribution in [0.15, 0.2) is 79.1 Å². The van der Waals surface area contributed by atoms with Gasteiger partial charge in [-0.15, -0.1) is 0 Å². The number of hydrogen-bond donors (Lipinski definition) is 3. The zero-order valence-corrected chi connectivity index (χ0v) is 16.8. The Morgan fingerprint density at radius 3 is 2.32 bits per heavy atom. The number of carbonyl (C=O) groups is 1. The number of amides is 1. The summed E-state index contributed by atoms with van der Waals surface area (Å²) in [6.07, 6.45) is 3.23. The minimum atomic E-state index is -0.532. The van der Waals surface area contributed by atoms with E-state index in [1.54, 1.807) is 36.7 Å². The molecule has 0 aliphatic carbocycles. The van der Waals surface area contributed by atoms with Crippen LogP contribution in [0.25, 0.3) is 22.3 Å². The van der Waals surface area contributed by atoms with Crippen molar-refractivity contribution in [2.45, 2.75) is 0 Å². The number of anilines is 3. The van der Waals surface area contributed by atoms with E-state index in [-0.39, 0.29) is 5.82 Å². The lowest BCUT2D eigenvalue weighted by Gasteiger charge is -2.15. The van der Waals surface area contributed by atoms with E-state index < -0.39 is 5.91 Å². The van der Waals surface area contributed by atoms with Crippen molar-refractivity contribution in [2.75, 3.05) is 17.7 Å². The Labute approximate surface area is 179 Å². The molecule has 1 amide bonds. The molecule has 0 aliphatic rings. The van der Waals surface area contributed by atoms with E-state index in [1.807, 2.05) is 37.4 Å². The van der Waals surface area contributed by atoms with Crippen LogP contribution in [-0.2, 0) is 0 Å². The molecule has 0 aliphatic heterocycles. The van der Waals surface area contributed by atoms with Gasteiger partial charge in [0.15, 0.2) is 0 Å². The van der Waals surface area contributed by atoms with Crippen molar-refractivity contribution in [3.05, 3.63) is 90.5 Å². The van der Waals surface area contributed by atoms with Gasteiger partial charge in [0.05, 0.1) is 0 Å². The first kappa shape index (κ1) is 20.0.